The van der Waals surface area contributed by atoms with Gasteiger partial charge in [-0.3, -0.25) is 24.5 Å². The number of alkyl carbamates (subject to hydrolysis) is 1. The van der Waals surface area contributed by atoms with Crippen LogP contribution in [-0.2, 0) is 33.4 Å². The van der Waals surface area contributed by atoms with Gasteiger partial charge in [0.15, 0.2) is 5.54 Å². The average molecular weight is 773 g/mol. The Morgan fingerprint density at radius 1 is 1.09 bits per heavy atom. The highest BCUT2D eigenvalue weighted by Gasteiger charge is 2.69. The van der Waals surface area contributed by atoms with Crippen LogP contribution >= 0.6 is 0 Å². The van der Waals surface area contributed by atoms with Gasteiger partial charge in [-0.2, -0.15) is 0 Å². The molecule has 0 radical (unpaired) electrons. The zero-order valence-corrected chi connectivity index (χ0v) is 33.0. The minimum atomic E-state index is -1.95. The highest BCUT2D eigenvalue weighted by Crippen LogP contribution is 2.52. The van der Waals surface area contributed by atoms with Crippen molar-refractivity contribution in [1.29, 1.82) is 0 Å². The van der Waals surface area contributed by atoms with E-state index in [4.69, 9.17) is 14.2 Å². The van der Waals surface area contributed by atoms with Gasteiger partial charge in [0.05, 0.1) is 16.9 Å². The fourth-order valence-corrected chi connectivity index (χ4v) is 7.09. The molecule has 3 aliphatic rings. The number of nitrogens with zero attached hydrogens (tertiary/aromatic N) is 3. The zero-order valence-electron chi connectivity index (χ0n) is 33.0. The summed E-state index contributed by atoms with van der Waals surface area (Å²) in [6.45, 7) is 18.5. The predicted octanol–water partition coefficient (Wildman–Crippen LogP) is 5.70. The number of aliphatic carboxylic acids is 1. The van der Waals surface area contributed by atoms with Gasteiger partial charge in [-0.25, -0.2) is 19.3 Å². The summed E-state index contributed by atoms with van der Waals surface area (Å²) in [5.74, 6) is -5.77. The van der Waals surface area contributed by atoms with Crippen molar-refractivity contribution in [2.24, 2.45) is 17.3 Å². The van der Waals surface area contributed by atoms with Crippen molar-refractivity contribution in [3.05, 3.63) is 58.8 Å². The average Bonchev–Trinajstić information content (AvgIpc) is 3.59. The topological polar surface area (TPSA) is 212 Å². The van der Waals surface area contributed by atoms with Crippen molar-refractivity contribution in [1.82, 2.24) is 15.1 Å². The van der Waals surface area contributed by atoms with E-state index in [9.17, 15) is 44.0 Å². The number of carboxylic acids is 1. The number of amides is 4. The summed E-state index contributed by atoms with van der Waals surface area (Å²) in [5.41, 5.74) is -7.36. The van der Waals surface area contributed by atoms with Crippen LogP contribution in [0.5, 0.6) is 0 Å². The molecule has 0 bridgehead atoms. The second-order valence-corrected chi connectivity index (χ2v) is 16.2. The number of carboxylic acid groups (broad SMARTS) is 1. The van der Waals surface area contributed by atoms with Gasteiger partial charge >= 0.3 is 24.1 Å². The van der Waals surface area contributed by atoms with Gasteiger partial charge in [0, 0.05) is 19.0 Å². The van der Waals surface area contributed by atoms with Crippen LogP contribution in [0.4, 0.5) is 9.59 Å². The molecule has 2 fully saturated rings. The number of likely N-dealkylation sites (tertiary alicyclic amines) is 1. The van der Waals surface area contributed by atoms with Crippen LogP contribution in [0.3, 0.4) is 0 Å². The van der Waals surface area contributed by atoms with Gasteiger partial charge in [0.1, 0.15) is 22.8 Å². The van der Waals surface area contributed by atoms with Crippen molar-refractivity contribution in [2.45, 2.75) is 123 Å². The van der Waals surface area contributed by atoms with Crippen LogP contribution in [0, 0.1) is 27.4 Å². The molecule has 16 heteroatoms. The molecule has 0 aromatic carbocycles. The van der Waals surface area contributed by atoms with Gasteiger partial charge in [-0.15, -0.1) is 13.2 Å². The molecular weight excluding hydrogens is 716 g/mol. The third-order valence-corrected chi connectivity index (χ3v) is 9.83. The van der Waals surface area contributed by atoms with E-state index in [-0.39, 0.29) is 32.5 Å². The molecule has 2 N–H and O–H groups in total. The Hall–Kier alpha value is -5.02. The summed E-state index contributed by atoms with van der Waals surface area (Å²) < 4.78 is 16.2. The number of nitrogens with one attached hydrogen (secondary N) is 1. The molecule has 304 valence electrons. The van der Waals surface area contributed by atoms with Crippen molar-refractivity contribution < 1.29 is 53.0 Å². The summed E-state index contributed by atoms with van der Waals surface area (Å²) in [7, 11) is 0. The van der Waals surface area contributed by atoms with E-state index >= 15 is 0 Å². The SMILES string of the molecule is C=CCCCCC[C@H](NC(=O)OC(C)(C)C)C(=O)N1CCC(C2(C(=O)O)C=C(C(=O)N(C(=O)OC(C)(C)C)[C@]3(C(=O)OCC)CC3C=C)C([N+](=O)[O-])=CC2)C1. The zero-order chi connectivity index (χ0) is 41.5. The second-order valence-electron chi connectivity index (χ2n) is 16.2. The predicted molar refractivity (Wildman–Crippen MR) is 200 cm³/mol. The normalized spacial score (nSPS) is 23.9. The summed E-state index contributed by atoms with van der Waals surface area (Å²) in [6, 6.07) is -0.976. The van der Waals surface area contributed by atoms with Crippen LogP contribution in [0.25, 0.3) is 0 Å². The number of ether oxygens (including phenoxy) is 3. The van der Waals surface area contributed by atoms with E-state index in [1.165, 1.54) is 38.7 Å². The molecule has 0 aromatic rings. The highest BCUT2D eigenvalue weighted by atomic mass is 16.6. The van der Waals surface area contributed by atoms with Crippen molar-refractivity contribution in [3.8, 4) is 0 Å². The number of esters is 1. The Bertz CT molecular complexity index is 1620. The number of allylic oxidation sites excluding steroid dienone is 2. The van der Waals surface area contributed by atoms with Crippen LogP contribution in [0.2, 0.25) is 0 Å². The lowest BCUT2D eigenvalue weighted by Crippen LogP contribution is -2.55. The first kappa shape index (κ1) is 44.4. The Morgan fingerprint density at radius 2 is 1.75 bits per heavy atom. The number of carbonyl (C=O) groups excluding carboxylic acids is 5. The molecule has 3 unspecified atom stereocenters. The first-order valence-electron chi connectivity index (χ1n) is 18.7. The monoisotopic (exact) mass is 772 g/mol. The molecule has 1 saturated carbocycles. The minimum absolute atomic E-state index is 0.0956. The summed E-state index contributed by atoms with van der Waals surface area (Å²) in [5, 5.41) is 25.9. The Labute approximate surface area is 322 Å². The molecule has 1 heterocycles. The number of imide groups is 1. The van der Waals surface area contributed by atoms with E-state index in [1.807, 2.05) is 0 Å². The fourth-order valence-electron chi connectivity index (χ4n) is 7.09. The maximum absolute atomic E-state index is 14.6. The maximum Gasteiger partial charge on any atom is 0.418 e. The van der Waals surface area contributed by atoms with Gasteiger partial charge in [0.2, 0.25) is 5.91 Å². The van der Waals surface area contributed by atoms with Crippen LogP contribution in [0.15, 0.2) is 48.7 Å². The molecule has 0 spiro atoms. The molecule has 3 rings (SSSR count). The molecule has 2 aliphatic carbocycles. The number of hydrogen-bond donors (Lipinski definition) is 2. The van der Waals surface area contributed by atoms with Crippen LogP contribution in [0.1, 0.15) is 99.8 Å². The maximum atomic E-state index is 14.6. The molecule has 5 atom stereocenters. The third-order valence-electron chi connectivity index (χ3n) is 9.83. The number of hydrogen-bond acceptors (Lipinski definition) is 11. The largest absolute Gasteiger partial charge is 0.481 e. The molecule has 4 amide bonds. The van der Waals surface area contributed by atoms with Crippen LogP contribution < -0.4 is 5.32 Å². The number of rotatable bonds is 16. The summed E-state index contributed by atoms with van der Waals surface area (Å²) in [4.78, 5) is 95.4. The van der Waals surface area contributed by atoms with Crippen molar-refractivity contribution >= 4 is 35.9 Å². The first-order chi connectivity index (χ1) is 25.6. The number of unbranched alkanes of at least 4 members (excludes halogenated alkanes) is 3. The van der Waals surface area contributed by atoms with Crippen molar-refractivity contribution in [3.63, 3.8) is 0 Å². The summed E-state index contributed by atoms with van der Waals surface area (Å²) in [6.07, 6.45) is 6.03. The van der Waals surface area contributed by atoms with E-state index in [2.05, 4.69) is 18.5 Å². The lowest BCUT2D eigenvalue weighted by atomic mass is 9.68. The van der Waals surface area contributed by atoms with E-state index in [0.29, 0.717) is 17.7 Å². The number of carbonyl (C=O) groups is 6. The Kier molecular flexibility index (Phi) is 14.2. The third kappa shape index (κ3) is 10.4. The molecular formula is C39H56N4O12. The Balaban J connectivity index is 2.05. The number of nitro groups is 1. The van der Waals surface area contributed by atoms with Crippen LogP contribution in [-0.4, -0.2) is 98.2 Å². The lowest BCUT2D eigenvalue weighted by molar-refractivity contribution is -0.421. The molecule has 1 saturated heterocycles. The molecule has 55 heavy (non-hydrogen) atoms. The van der Waals surface area contributed by atoms with Crippen molar-refractivity contribution in [2.75, 3.05) is 19.7 Å². The second kappa shape index (κ2) is 17.6. The highest BCUT2D eigenvalue weighted by molar-refractivity contribution is 6.10. The van der Waals surface area contributed by atoms with Gasteiger partial charge in [0.25, 0.3) is 11.6 Å². The summed E-state index contributed by atoms with van der Waals surface area (Å²) >= 11 is 0. The quantitative estimate of drug-likeness (QED) is 0.0483. The smallest absolute Gasteiger partial charge is 0.418 e. The van der Waals surface area contributed by atoms with Gasteiger partial charge in [-0.05, 0) is 105 Å². The van der Waals surface area contributed by atoms with E-state index in [0.717, 1.165) is 31.4 Å². The Morgan fingerprint density at radius 3 is 2.27 bits per heavy atom. The standard InChI is InChI=1S/C39H56N4O12/c1-10-13-14-15-16-17-28(40-34(49)54-36(4,5)6)31(45)41-21-19-26(24-41)38(32(46)47)20-18-29(43(51)52)27(23-38)30(44)42(35(50)55-37(7,8)9)39(22-25(39)11-2)33(48)53-12-3/h10-11,18,23,25-26,28H,1-2,12-17,19-22,24H2,3-9H3,(H,40,49)(H,46,47)/t25?,26?,28-,38?,39+/m0/s1. The fraction of sp³-hybridized carbons (Fsp3) is 0.641. The molecule has 1 aliphatic heterocycles. The van der Waals surface area contributed by atoms with Gasteiger partial charge in [-0.1, -0.05) is 25.0 Å². The van der Waals surface area contributed by atoms with E-state index in [1.54, 1.807) is 26.8 Å². The van der Waals surface area contributed by atoms with Gasteiger partial charge < -0.3 is 29.5 Å². The molecule has 0 aromatic heterocycles. The van der Waals surface area contributed by atoms with E-state index < -0.39 is 98.6 Å². The molecule has 16 nitrogen and oxygen atoms in total. The lowest BCUT2D eigenvalue weighted by Gasteiger charge is -2.36. The first-order valence-corrected chi connectivity index (χ1v) is 18.7. The minimum Gasteiger partial charge on any atom is -0.481 e.